The first kappa shape index (κ1) is 15.0. The van der Waals surface area contributed by atoms with Crippen LogP contribution in [0, 0.1) is 0 Å². The highest BCUT2D eigenvalue weighted by molar-refractivity contribution is 7.80. The zero-order valence-electron chi connectivity index (χ0n) is 10.3. The molecule has 100 valence electrons. The van der Waals surface area contributed by atoms with Gasteiger partial charge in [0.2, 0.25) is 0 Å². The Morgan fingerprint density at radius 2 is 2.33 bits per heavy atom. The van der Waals surface area contributed by atoms with Crippen molar-refractivity contribution in [2.45, 2.75) is 25.8 Å². The molecule has 0 aliphatic heterocycles. The summed E-state index contributed by atoms with van der Waals surface area (Å²) in [6.45, 7) is 2.05. The molecule has 1 N–H and O–H groups in total. The fourth-order valence-electron chi connectivity index (χ4n) is 1.30. The SMILES string of the molecule is CCCc1nc(C(=O)NC(CS)C(=O)OC)cs1. The smallest absolute Gasteiger partial charge is 0.329 e. The molecule has 1 rings (SSSR count). The van der Waals surface area contributed by atoms with Crippen LogP contribution in [0.5, 0.6) is 0 Å². The molecule has 0 aromatic carbocycles. The van der Waals surface area contributed by atoms with Crippen LogP contribution in [0.4, 0.5) is 0 Å². The minimum Gasteiger partial charge on any atom is -0.467 e. The van der Waals surface area contributed by atoms with Crippen LogP contribution in [0.2, 0.25) is 0 Å². The van der Waals surface area contributed by atoms with Gasteiger partial charge in [0.1, 0.15) is 11.7 Å². The molecule has 1 aromatic heterocycles. The number of thiol groups is 1. The van der Waals surface area contributed by atoms with E-state index in [1.807, 2.05) is 0 Å². The Bertz CT molecular complexity index is 420. The number of carbonyl (C=O) groups is 2. The molecule has 5 nitrogen and oxygen atoms in total. The van der Waals surface area contributed by atoms with E-state index in [1.54, 1.807) is 5.38 Å². The van der Waals surface area contributed by atoms with Gasteiger partial charge in [0, 0.05) is 11.1 Å². The second-order valence-electron chi connectivity index (χ2n) is 3.61. The van der Waals surface area contributed by atoms with Crippen LogP contribution in [0.15, 0.2) is 5.38 Å². The first-order valence-corrected chi connectivity index (χ1v) is 7.07. The molecule has 1 atom stereocenters. The minimum absolute atomic E-state index is 0.185. The van der Waals surface area contributed by atoms with E-state index < -0.39 is 12.0 Å². The molecular formula is C11H16N2O3S2. The molecule has 1 unspecified atom stereocenters. The number of nitrogens with zero attached hydrogens (tertiary/aromatic N) is 1. The van der Waals surface area contributed by atoms with Crippen molar-refractivity contribution in [2.75, 3.05) is 12.9 Å². The highest BCUT2D eigenvalue weighted by Gasteiger charge is 2.21. The second-order valence-corrected chi connectivity index (χ2v) is 4.92. The molecule has 0 aliphatic carbocycles. The number of thiazole rings is 1. The fraction of sp³-hybridized carbons (Fsp3) is 0.545. The van der Waals surface area contributed by atoms with Gasteiger partial charge in [0.15, 0.2) is 0 Å². The Morgan fingerprint density at radius 1 is 1.61 bits per heavy atom. The van der Waals surface area contributed by atoms with E-state index in [9.17, 15) is 9.59 Å². The van der Waals surface area contributed by atoms with Crippen LogP contribution >= 0.6 is 24.0 Å². The van der Waals surface area contributed by atoms with E-state index in [1.165, 1.54) is 18.4 Å². The summed E-state index contributed by atoms with van der Waals surface area (Å²) in [5, 5.41) is 5.15. The maximum atomic E-state index is 11.8. The lowest BCUT2D eigenvalue weighted by atomic mass is 10.3. The lowest BCUT2D eigenvalue weighted by molar-refractivity contribution is -0.142. The summed E-state index contributed by atoms with van der Waals surface area (Å²) in [5.41, 5.74) is 0.333. The molecule has 7 heteroatoms. The zero-order chi connectivity index (χ0) is 13.5. The number of methoxy groups -OCH3 is 1. The third kappa shape index (κ3) is 3.99. The second kappa shape index (κ2) is 7.38. The maximum absolute atomic E-state index is 11.8. The van der Waals surface area contributed by atoms with Gasteiger partial charge >= 0.3 is 5.97 Å². The molecule has 0 fully saturated rings. The van der Waals surface area contributed by atoms with Crippen LogP contribution in [0.25, 0.3) is 0 Å². The van der Waals surface area contributed by atoms with Gasteiger partial charge in [-0.1, -0.05) is 6.92 Å². The quantitative estimate of drug-likeness (QED) is 0.611. The molecule has 1 heterocycles. The number of rotatable bonds is 6. The van der Waals surface area contributed by atoms with E-state index in [0.717, 1.165) is 17.8 Å². The van der Waals surface area contributed by atoms with E-state index in [0.29, 0.717) is 5.69 Å². The van der Waals surface area contributed by atoms with Crippen molar-refractivity contribution < 1.29 is 14.3 Å². The number of aromatic nitrogens is 1. The van der Waals surface area contributed by atoms with Crippen LogP contribution in [-0.4, -0.2) is 35.8 Å². The van der Waals surface area contributed by atoms with Gasteiger partial charge in [-0.15, -0.1) is 11.3 Å². The Morgan fingerprint density at radius 3 is 2.89 bits per heavy atom. The predicted molar refractivity (Wildman–Crippen MR) is 73.2 cm³/mol. The number of aryl methyl sites for hydroxylation is 1. The molecule has 1 amide bonds. The van der Waals surface area contributed by atoms with Crippen molar-refractivity contribution in [3.8, 4) is 0 Å². The third-order valence-electron chi connectivity index (χ3n) is 2.22. The van der Waals surface area contributed by atoms with Crippen molar-refractivity contribution in [3.05, 3.63) is 16.1 Å². The summed E-state index contributed by atoms with van der Waals surface area (Å²) in [7, 11) is 1.27. The monoisotopic (exact) mass is 288 g/mol. The first-order chi connectivity index (χ1) is 8.62. The summed E-state index contributed by atoms with van der Waals surface area (Å²) in [5.74, 6) is -0.704. The average molecular weight is 288 g/mol. The molecule has 0 aliphatic rings. The molecule has 0 saturated heterocycles. The Labute approximate surface area is 115 Å². The first-order valence-electron chi connectivity index (χ1n) is 5.56. The molecule has 0 bridgehead atoms. The van der Waals surface area contributed by atoms with E-state index >= 15 is 0 Å². The minimum atomic E-state index is -0.748. The Balaban J connectivity index is 2.65. The van der Waals surface area contributed by atoms with Gasteiger partial charge in [-0.2, -0.15) is 12.6 Å². The van der Waals surface area contributed by atoms with Crippen molar-refractivity contribution in [2.24, 2.45) is 0 Å². The van der Waals surface area contributed by atoms with Crippen LogP contribution in [-0.2, 0) is 16.0 Å². The fourth-order valence-corrected chi connectivity index (χ4v) is 2.42. The average Bonchev–Trinajstić information content (AvgIpc) is 2.84. The summed E-state index contributed by atoms with van der Waals surface area (Å²) in [4.78, 5) is 27.4. The van der Waals surface area contributed by atoms with Gasteiger partial charge in [-0.25, -0.2) is 9.78 Å². The van der Waals surface area contributed by atoms with Gasteiger partial charge in [0.25, 0.3) is 5.91 Å². The van der Waals surface area contributed by atoms with Gasteiger partial charge in [-0.05, 0) is 12.8 Å². The molecule has 0 spiro atoms. The third-order valence-corrected chi connectivity index (χ3v) is 3.50. The van der Waals surface area contributed by atoms with Crippen LogP contribution < -0.4 is 5.32 Å². The largest absolute Gasteiger partial charge is 0.467 e. The molecule has 0 saturated carbocycles. The topological polar surface area (TPSA) is 68.3 Å². The van der Waals surface area contributed by atoms with Crippen molar-refractivity contribution in [1.29, 1.82) is 0 Å². The predicted octanol–water partition coefficient (Wildman–Crippen LogP) is 1.30. The number of amides is 1. The van der Waals surface area contributed by atoms with E-state index in [4.69, 9.17) is 0 Å². The van der Waals surface area contributed by atoms with Crippen molar-refractivity contribution in [1.82, 2.24) is 10.3 Å². The lowest BCUT2D eigenvalue weighted by Gasteiger charge is -2.12. The van der Waals surface area contributed by atoms with Gasteiger partial charge in [0.05, 0.1) is 12.1 Å². The van der Waals surface area contributed by atoms with Crippen molar-refractivity contribution >= 4 is 35.8 Å². The van der Waals surface area contributed by atoms with E-state index in [2.05, 4.69) is 34.6 Å². The highest BCUT2D eigenvalue weighted by atomic mass is 32.1. The van der Waals surface area contributed by atoms with Crippen LogP contribution in [0.3, 0.4) is 0 Å². The molecule has 18 heavy (non-hydrogen) atoms. The number of hydrogen-bond donors (Lipinski definition) is 2. The Hall–Kier alpha value is -1.08. The maximum Gasteiger partial charge on any atom is 0.329 e. The summed E-state index contributed by atoms with van der Waals surface area (Å²) in [6.07, 6.45) is 1.83. The standard InChI is InChI=1S/C11H16N2O3S2/c1-3-4-9-12-8(6-18-9)10(14)13-7(5-17)11(15)16-2/h6-7,17H,3-5H2,1-2H3,(H,13,14). The highest BCUT2D eigenvalue weighted by Crippen LogP contribution is 2.11. The normalized spacial score (nSPS) is 11.9. The Kier molecular flexibility index (Phi) is 6.14. The number of nitrogens with one attached hydrogen (secondary N) is 1. The molecule has 1 aromatic rings. The van der Waals surface area contributed by atoms with Gasteiger partial charge < -0.3 is 10.1 Å². The number of hydrogen-bond acceptors (Lipinski definition) is 6. The van der Waals surface area contributed by atoms with Crippen molar-refractivity contribution in [3.63, 3.8) is 0 Å². The summed E-state index contributed by atoms with van der Waals surface area (Å²) >= 11 is 5.45. The lowest BCUT2D eigenvalue weighted by Crippen LogP contribution is -2.43. The van der Waals surface area contributed by atoms with Gasteiger partial charge in [-0.3, -0.25) is 4.79 Å². The number of esters is 1. The molecular weight excluding hydrogens is 272 g/mol. The molecule has 0 radical (unpaired) electrons. The number of carbonyl (C=O) groups excluding carboxylic acids is 2. The summed E-state index contributed by atoms with van der Waals surface area (Å²) in [6, 6.07) is -0.748. The van der Waals surface area contributed by atoms with E-state index in [-0.39, 0.29) is 11.7 Å². The summed E-state index contributed by atoms with van der Waals surface area (Å²) < 4.78 is 4.56. The van der Waals surface area contributed by atoms with Crippen LogP contribution in [0.1, 0.15) is 28.8 Å². The zero-order valence-corrected chi connectivity index (χ0v) is 12.0. The number of ether oxygens (including phenoxy) is 1.